The lowest BCUT2D eigenvalue weighted by molar-refractivity contribution is 0.102. The van der Waals surface area contributed by atoms with E-state index in [1.807, 2.05) is 6.92 Å². The van der Waals surface area contributed by atoms with Gasteiger partial charge in [0.25, 0.3) is 5.91 Å². The van der Waals surface area contributed by atoms with Gasteiger partial charge in [-0.05, 0) is 19.1 Å². The Kier molecular flexibility index (Phi) is 4.78. The van der Waals surface area contributed by atoms with E-state index < -0.39 is 6.09 Å². The molecule has 0 spiro atoms. The molecule has 25 heavy (non-hydrogen) atoms. The minimum absolute atomic E-state index is 0.193. The van der Waals surface area contributed by atoms with E-state index in [2.05, 4.69) is 15.3 Å². The van der Waals surface area contributed by atoms with E-state index in [4.69, 9.17) is 9.84 Å². The molecule has 130 valence electrons. The van der Waals surface area contributed by atoms with Crippen LogP contribution in [0.25, 0.3) is 0 Å². The van der Waals surface area contributed by atoms with Crippen molar-refractivity contribution in [2.45, 2.75) is 19.9 Å². The van der Waals surface area contributed by atoms with Gasteiger partial charge in [-0.2, -0.15) is 0 Å². The molecule has 1 aliphatic heterocycles. The summed E-state index contributed by atoms with van der Waals surface area (Å²) in [7, 11) is 0. The average Bonchev–Trinajstić information content (AvgIpc) is 2.62. The highest BCUT2D eigenvalue weighted by atomic mass is 16.5. The van der Waals surface area contributed by atoms with Crippen molar-refractivity contribution in [3.63, 3.8) is 0 Å². The quantitative estimate of drug-likeness (QED) is 0.882. The van der Waals surface area contributed by atoms with Crippen molar-refractivity contribution < 1.29 is 19.4 Å². The minimum Gasteiger partial charge on any atom is -0.493 e. The Bertz CT molecular complexity index is 809. The average molecular weight is 342 g/mol. The Morgan fingerprint density at radius 1 is 1.36 bits per heavy atom. The zero-order valence-electron chi connectivity index (χ0n) is 13.7. The van der Waals surface area contributed by atoms with Crippen LogP contribution in [0.4, 0.5) is 10.7 Å². The van der Waals surface area contributed by atoms with Crippen molar-refractivity contribution in [2.24, 2.45) is 0 Å². The maximum Gasteiger partial charge on any atom is 0.407 e. The Balaban J connectivity index is 1.76. The van der Waals surface area contributed by atoms with E-state index in [1.165, 1.54) is 4.90 Å². The summed E-state index contributed by atoms with van der Waals surface area (Å²) in [5, 5.41) is 11.7. The zero-order valence-corrected chi connectivity index (χ0v) is 13.7. The molecule has 2 N–H and O–H groups in total. The molecule has 0 saturated carbocycles. The van der Waals surface area contributed by atoms with E-state index in [1.54, 1.807) is 30.5 Å². The summed E-state index contributed by atoms with van der Waals surface area (Å²) in [6.07, 6.45) is 1.08. The second-order valence-corrected chi connectivity index (χ2v) is 5.50. The number of nitrogens with zero attached hydrogens (tertiary/aromatic N) is 3. The molecular weight excluding hydrogens is 324 g/mol. The van der Waals surface area contributed by atoms with E-state index in [-0.39, 0.29) is 18.4 Å². The summed E-state index contributed by atoms with van der Waals surface area (Å²) in [4.78, 5) is 33.3. The van der Waals surface area contributed by atoms with Crippen LogP contribution in [0.2, 0.25) is 0 Å². The number of hydrogen-bond acceptors (Lipinski definition) is 5. The lowest BCUT2D eigenvalue weighted by Gasteiger charge is -2.25. The Morgan fingerprint density at radius 3 is 2.92 bits per heavy atom. The summed E-state index contributed by atoms with van der Waals surface area (Å²) in [6.45, 7) is 2.94. The standard InChI is InChI=1S/C17H18N4O4/c1-2-25-14-6-4-3-5-12(14)15(22)20-16-18-9-11-10-21(17(23)24)8-7-13(11)19-16/h3-6,9H,2,7-8,10H2,1H3,(H,23,24)(H,18,19,20,22). The minimum atomic E-state index is -0.962. The van der Waals surface area contributed by atoms with Crippen LogP contribution in [0.3, 0.4) is 0 Å². The molecule has 0 unspecified atom stereocenters. The molecular formula is C17H18N4O4. The van der Waals surface area contributed by atoms with Crippen LogP contribution in [0, 0.1) is 0 Å². The highest BCUT2D eigenvalue weighted by Crippen LogP contribution is 2.21. The monoisotopic (exact) mass is 342 g/mol. The topological polar surface area (TPSA) is 105 Å². The molecule has 0 fully saturated rings. The molecule has 0 atom stereocenters. The largest absolute Gasteiger partial charge is 0.493 e. The van der Waals surface area contributed by atoms with Gasteiger partial charge in [-0.25, -0.2) is 14.8 Å². The van der Waals surface area contributed by atoms with Crippen LogP contribution in [-0.4, -0.2) is 45.1 Å². The number of fused-ring (bicyclic) bond motifs is 1. The number of benzene rings is 1. The number of aromatic nitrogens is 2. The Labute approximate surface area is 144 Å². The van der Waals surface area contributed by atoms with Gasteiger partial charge in [0.1, 0.15) is 5.75 Å². The summed E-state index contributed by atoms with van der Waals surface area (Å²) in [5.74, 6) is 0.336. The van der Waals surface area contributed by atoms with Gasteiger partial charge in [-0.3, -0.25) is 10.1 Å². The van der Waals surface area contributed by atoms with Gasteiger partial charge in [0.05, 0.1) is 24.4 Å². The van der Waals surface area contributed by atoms with Crippen LogP contribution >= 0.6 is 0 Å². The summed E-state index contributed by atoms with van der Waals surface area (Å²) in [6, 6.07) is 6.95. The molecule has 8 heteroatoms. The second-order valence-electron chi connectivity index (χ2n) is 5.50. The third kappa shape index (κ3) is 3.68. The van der Waals surface area contributed by atoms with Gasteiger partial charge in [0.15, 0.2) is 0 Å². The van der Waals surface area contributed by atoms with Gasteiger partial charge >= 0.3 is 6.09 Å². The molecule has 2 amide bonds. The first-order valence-electron chi connectivity index (χ1n) is 7.94. The van der Waals surface area contributed by atoms with Crippen molar-refractivity contribution in [3.8, 4) is 5.75 Å². The van der Waals surface area contributed by atoms with Crippen LogP contribution in [0.1, 0.15) is 28.5 Å². The van der Waals surface area contributed by atoms with Crippen LogP contribution < -0.4 is 10.1 Å². The fraction of sp³-hybridized carbons (Fsp3) is 0.294. The van der Waals surface area contributed by atoms with Crippen molar-refractivity contribution >= 4 is 17.9 Å². The number of ether oxygens (including phenoxy) is 1. The molecule has 1 aliphatic rings. The normalized spacial score (nSPS) is 13.1. The number of anilines is 1. The fourth-order valence-electron chi connectivity index (χ4n) is 2.64. The highest BCUT2D eigenvalue weighted by molar-refractivity contribution is 6.05. The molecule has 0 aliphatic carbocycles. The first kappa shape index (κ1) is 16.7. The zero-order chi connectivity index (χ0) is 17.8. The number of carboxylic acid groups (broad SMARTS) is 1. The van der Waals surface area contributed by atoms with Gasteiger partial charge in [-0.1, -0.05) is 12.1 Å². The third-order valence-corrected chi connectivity index (χ3v) is 3.86. The number of hydrogen-bond donors (Lipinski definition) is 2. The third-order valence-electron chi connectivity index (χ3n) is 3.86. The van der Waals surface area contributed by atoms with E-state index >= 15 is 0 Å². The van der Waals surface area contributed by atoms with Crippen LogP contribution in [0.15, 0.2) is 30.5 Å². The number of amides is 2. The SMILES string of the molecule is CCOc1ccccc1C(=O)Nc1ncc2c(n1)CCN(C(=O)O)C2. The van der Waals surface area contributed by atoms with Crippen LogP contribution in [0.5, 0.6) is 5.75 Å². The maximum atomic E-state index is 12.5. The van der Waals surface area contributed by atoms with E-state index in [9.17, 15) is 9.59 Å². The lowest BCUT2D eigenvalue weighted by Crippen LogP contribution is -2.35. The van der Waals surface area contributed by atoms with E-state index in [0.717, 1.165) is 11.3 Å². The number of carbonyl (C=O) groups is 2. The van der Waals surface area contributed by atoms with Gasteiger partial charge < -0.3 is 14.7 Å². The molecule has 3 rings (SSSR count). The maximum absolute atomic E-state index is 12.5. The molecule has 0 saturated heterocycles. The first-order valence-corrected chi connectivity index (χ1v) is 7.94. The van der Waals surface area contributed by atoms with Gasteiger partial charge in [0.2, 0.25) is 5.95 Å². The smallest absolute Gasteiger partial charge is 0.407 e. The van der Waals surface area contributed by atoms with E-state index in [0.29, 0.717) is 30.9 Å². The summed E-state index contributed by atoms with van der Waals surface area (Å²) in [5.41, 5.74) is 1.91. The molecule has 1 aromatic carbocycles. The Hall–Kier alpha value is -3.16. The molecule has 0 radical (unpaired) electrons. The Morgan fingerprint density at radius 2 is 2.16 bits per heavy atom. The van der Waals surface area contributed by atoms with Crippen molar-refractivity contribution in [1.29, 1.82) is 0 Å². The molecule has 2 aromatic rings. The van der Waals surface area contributed by atoms with Crippen molar-refractivity contribution in [2.75, 3.05) is 18.5 Å². The molecule has 8 nitrogen and oxygen atoms in total. The second kappa shape index (κ2) is 7.16. The lowest BCUT2D eigenvalue weighted by atomic mass is 10.1. The molecule has 1 aromatic heterocycles. The fourth-order valence-corrected chi connectivity index (χ4v) is 2.64. The highest BCUT2D eigenvalue weighted by Gasteiger charge is 2.22. The predicted molar refractivity (Wildman–Crippen MR) is 89.7 cm³/mol. The molecule has 0 bridgehead atoms. The molecule has 2 heterocycles. The van der Waals surface area contributed by atoms with Gasteiger partial charge in [0, 0.05) is 24.7 Å². The van der Waals surface area contributed by atoms with Crippen LogP contribution in [-0.2, 0) is 13.0 Å². The summed E-state index contributed by atoms with van der Waals surface area (Å²) >= 11 is 0. The van der Waals surface area contributed by atoms with Gasteiger partial charge in [-0.15, -0.1) is 0 Å². The van der Waals surface area contributed by atoms with Crippen molar-refractivity contribution in [1.82, 2.24) is 14.9 Å². The predicted octanol–water partition coefficient (Wildman–Crippen LogP) is 2.16. The number of para-hydroxylation sites is 1. The summed E-state index contributed by atoms with van der Waals surface area (Å²) < 4.78 is 5.46. The number of nitrogens with one attached hydrogen (secondary N) is 1. The first-order chi connectivity index (χ1) is 12.1. The van der Waals surface area contributed by atoms with Crippen molar-refractivity contribution in [3.05, 3.63) is 47.3 Å². The number of carbonyl (C=O) groups excluding carboxylic acids is 1. The number of rotatable bonds is 4.